The number of benzene rings is 1. The Morgan fingerprint density at radius 3 is 2.56 bits per heavy atom. The Hall–Kier alpha value is -2.42. The van der Waals surface area contributed by atoms with E-state index < -0.39 is 10.7 Å². The quantitative estimate of drug-likeness (QED) is 0.438. The van der Waals surface area contributed by atoms with Gasteiger partial charge in [0.2, 0.25) is 0 Å². The van der Waals surface area contributed by atoms with Gasteiger partial charge in [0.1, 0.15) is 11.6 Å². The molecule has 0 saturated heterocycles. The van der Waals surface area contributed by atoms with Gasteiger partial charge in [0.05, 0.1) is 17.6 Å². The first-order valence-electron chi connectivity index (χ1n) is 4.29. The van der Waals surface area contributed by atoms with Crippen LogP contribution in [0.15, 0.2) is 12.1 Å². The van der Waals surface area contributed by atoms with E-state index in [1.165, 1.54) is 20.1 Å². The molecule has 0 fully saturated rings. The zero-order valence-electron chi connectivity index (χ0n) is 8.68. The largest absolute Gasteiger partial charge is 0.494 e. The number of nitriles is 1. The van der Waals surface area contributed by atoms with Gasteiger partial charge in [-0.2, -0.15) is 5.26 Å². The monoisotopic (exact) mass is 220 g/mol. The zero-order valence-corrected chi connectivity index (χ0v) is 8.68. The van der Waals surface area contributed by atoms with Gasteiger partial charge in [0.15, 0.2) is 11.5 Å². The predicted molar refractivity (Wildman–Crippen MR) is 54.4 cm³/mol. The fraction of sp³-hybridized carbons (Fsp3) is 0.200. The third kappa shape index (κ3) is 1.83. The lowest BCUT2D eigenvalue weighted by molar-refractivity contribution is -0.385. The summed E-state index contributed by atoms with van der Waals surface area (Å²) in [4.78, 5) is 21.4. The number of rotatable bonds is 3. The number of carbonyl (C=O) groups is 1. The maximum atomic E-state index is 11.3. The van der Waals surface area contributed by atoms with E-state index >= 15 is 0 Å². The third-order valence-electron chi connectivity index (χ3n) is 2.01. The van der Waals surface area contributed by atoms with Gasteiger partial charge in [-0.25, -0.2) is 0 Å². The SMILES string of the molecule is COc1c(C#N)ccc([N+](=O)[O-])c1C(C)=O. The van der Waals surface area contributed by atoms with Gasteiger partial charge in [-0.3, -0.25) is 14.9 Å². The van der Waals surface area contributed by atoms with Crippen LogP contribution in [0.4, 0.5) is 5.69 Å². The Balaban J connectivity index is 3.65. The summed E-state index contributed by atoms with van der Waals surface area (Å²) in [6.45, 7) is 1.19. The van der Waals surface area contributed by atoms with Gasteiger partial charge >= 0.3 is 0 Å². The molecular formula is C10H8N2O4. The highest BCUT2D eigenvalue weighted by Crippen LogP contribution is 2.31. The van der Waals surface area contributed by atoms with Gasteiger partial charge in [-0.05, 0) is 13.0 Å². The molecule has 0 bridgehead atoms. The molecule has 0 radical (unpaired) electrons. The van der Waals surface area contributed by atoms with E-state index in [9.17, 15) is 14.9 Å². The van der Waals surface area contributed by atoms with E-state index in [4.69, 9.17) is 10.00 Å². The number of nitro groups is 1. The molecule has 0 aliphatic heterocycles. The van der Waals surface area contributed by atoms with Crippen molar-refractivity contribution in [1.29, 1.82) is 5.26 Å². The Labute approximate surface area is 91.2 Å². The second-order valence-electron chi connectivity index (χ2n) is 2.97. The molecule has 0 aromatic heterocycles. The molecule has 0 atom stereocenters. The number of ether oxygens (including phenoxy) is 1. The van der Waals surface area contributed by atoms with Gasteiger partial charge in [0, 0.05) is 6.07 Å². The topological polar surface area (TPSA) is 93.2 Å². The van der Waals surface area contributed by atoms with Crippen molar-refractivity contribution in [2.75, 3.05) is 7.11 Å². The van der Waals surface area contributed by atoms with Crippen molar-refractivity contribution in [2.24, 2.45) is 0 Å². The van der Waals surface area contributed by atoms with E-state index in [2.05, 4.69) is 0 Å². The number of ketones is 1. The van der Waals surface area contributed by atoms with Crippen molar-refractivity contribution in [1.82, 2.24) is 0 Å². The lowest BCUT2D eigenvalue weighted by Gasteiger charge is -2.07. The summed E-state index contributed by atoms with van der Waals surface area (Å²) in [6.07, 6.45) is 0. The summed E-state index contributed by atoms with van der Waals surface area (Å²) in [7, 11) is 1.26. The number of nitrogens with zero attached hydrogens (tertiary/aromatic N) is 2. The van der Waals surface area contributed by atoms with Gasteiger partial charge in [-0.15, -0.1) is 0 Å². The molecule has 0 unspecified atom stereocenters. The molecule has 16 heavy (non-hydrogen) atoms. The standard InChI is InChI=1S/C10H8N2O4/c1-6(13)9-8(12(14)15)4-3-7(5-11)10(9)16-2/h3-4H,1-2H3. The van der Waals surface area contributed by atoms with Crippen LogP contribution >= 0.6 is 0 Å². The summed E-state index contributed by atoms with van der Waals surface area (Å²) < 4.78 is 4.87. The van der Waals surface area contributed by atoms with Crippen molar-refractivity contribution >= 4 is 11.5 Å². The molecule has 1 aromatic carbocycles. The Bertz CT molecular complexity index is 502. The van der Waals surface area contributed by atoms with Crippen LogP contribution in [0.25, 0.3) is 0 Å². The number of hydrogen-bond acceptors (Lipinski definition) is 5. The molecule has 0 spiro atoms. The lowest BCUT2D eigenvalue weighted by Crippen LogP contribution is -2.05. The van der Waals surface area contributed by atoms with Crippen LogP contribution < -0.4 is 4.74 Å². The molecule has 1 rings (SSSR count). The molecule has 6 nitrogen and oxygen atoms in total. The van der Waals surface area contributed by atoms with E-state index in [1.54, 1.807) is 0 Å². The second-order valence-corrected chi connectivity index (χ2v) is 2.97. The maximum absolute atomic E-state index is 11.3. The highest BCUT2D eigenvalue weighted by Gasteiger charge is 2.24. The third-order valence-corrected chi connectivity index (χ3v) is 2.01. The summed E-state index contributed by atoms with van der Waals surface area (Å²) in [6, 6.07) is 4.18. The molecule has 0 aliphatic carbocycles. The van der Waals surface area contributed by atoms with Gasteiger partial charge in [0.25, 0.3) is 5.69 Å². The lowest BCUT2D eigenvalue weighted by atomic mass is 10.0. The van der Waals surface area contributed by atoms with Crippen LogP contribution in [0.2, 0.25) is 0 Å². The molecule has 0 aliphatic rings. The zero-order chi connectivity index (χ0) is 12.3. The van der Waals surface area contributed by atoms with Crippen molar-refractivity contribution in [3.8, 4) is 11.8 Å². The molecule has 0 N–H and O–H groups in total. The predicted octanol–water partition coefficient (Wildman–Crippen LogP) is 1.68. The van der Waals surface area contributed by atoms with Gasteiger partial charge < -0.3 is 4.74 Å². The molecule has 0 amide bonds. The molecule has 82 valence electrons. The van der Waals surface area contributed by atoms with Crippen LogP contribution in [0.1, 0.15) is 22.8 Å². The number of hydrogen-bond donors (Lipinski definition) is 0. The minimum atomic E-state index is -0.680. The van der Waals surface area contributed by atoms with Gasteiger partial charge in [-0.1, -0.05) is 0 Å². The maximum Gasteiger partial charge on any atom is 0.284 e. The summed E-state index contributed by atoms with van der Waals surface area (Å²) in [5.74, 6) is -0.565. The van der Waals surface area contributed by atoms with E-state index in [1.807, 2.05) is 6.07 Å². The Morgan fingerprint density at radius 1 is 1.56 bits per heavy atom. The minimum absolute atomic E-state index is 0.0517. The van der Waals surface area contributed by atoms with Crippen LogP contribution in [0.3, 0.4) is 0 Å². The van der Waals surface area contributed by atoms with E-state index in [0.29, 0.717) is 0 Å². The summed E-state index contributed by atoms with van der Waals surface area (Å²) in [5, 5.41) is 19.5. The Morgan fingerprint density at radius 2 is 2.19 bits per heavy atom. The van der Waals surface area contributed by atoms with Crippen LogP contribution in [0, 0.1) is 21.4 Å². The highest BCUT2D eigenvalue weighted by atomic mass is 16.6. The molecule has 6 heteroatoms. The molecule has 1 aromatic rings. The van der Waals surface area contributed by atoms with Crippen LogP contribution in [0.5, 0.6) is 5.75 Å². The first-order chi connectivity index (χ1) is 7.52. The number of nitro benzene ring substituents is 1. The normalized spacial score (nSPS) is 9.31. The first kappa shape index (κ1) is 11.7. The van der Waals surface area contributed by atoms with Crippen molar-refractivity contribution in [3.05, 3.63) is 33.4 Å². The average molecular weight is 220 g/mol. The van der Waals surface area contributed by atoms with Crippen molar-refractivity contribution < 1.29 is 14.5 Å². The minimum Gasteiger partial charge on any atom is -0.494 e. The second kappa shape index (κ2) is 4.40. The highest BCUT2D eigenvalue weighted by molar-refractivity contribution is 6.01. The number of methoxy groups -OCH3 is 1. The Kier molecular flexibility index (Phi) is 3.20. The molecular weight excluding hydrogens is 212 g/mol. The smallest absolute Gasteiger partial charge is 0.284 e. The summed E-state index contributed by atoms with van der Waals surface area (Å²) >= 11 is 0. The van der Waals surface area contributed by atoms with E-state index in [-0.39, 0.29) is 22.6 Å². The van der Waals surface area contributed by atoms with Crippen molar-refractivity contribution in [3.63, 3.8) is 0 Å². The summed E-state index contributed by atoms with van der Waals surface area (Å²) in [5.41, 5.74) is -0.437. The molecule has 0 saturated carbocycles. The average Bonchev–Trinajstić information content (AvgIpc) is 2.26. The van der Waals surface area contributed by atoms with Crippen LogP contribution in [-0.2, 0) is 0 Å². The van der Waals surface area contributed by atoms with Crippen molar-refractivity contribution in [2.45, 2.75) is 6.92 Å². The first-order valence-corrected chi connectivity index (χ1v) is 4.29. The van der Waals surface area contributed by atoms with E-state index in [0.717, 1.165) is 6.07 Å². The molecule has 0 heterocycles. The van der Waals surface area contributed by atoms with Crippen LogP contribution in [-0.4, -0.2) is 17.8 Å². The fourth-order valence-corrected chi connectivity index (χ4v) is 1.36. The fourth-order valence-electron chi connectivity index (χ4n) is 1.36. The number of Topliss-reactive ketones (excluding diaryl/α,β-unsaturated/α-hetero) is 1. The number of carbonyl (C=O) groups excluding carboxylic acids is 1.